The number of nitro benzene ring substituents is 1. The number of amides is 3. The number of hydrogen-bond acceptors (Lipinski definition) is 7. The van der Waals surface area contributed by atoms with Crippen molar-refractivity contribution in [2.75, 3.05) is 5.32 Å². The fourth-order valence-corrected chi connectivity index (χ4v) is 3.12. The van der Waals surface area contributed by atoms with Gasteiger partial charge in [-0.15, -0.1) is 0 Å². The third-order valence-electron chi connectivity index (χ3n) is 3.49. The van der Waals surface area contributed by atoms with Crippen molar-refractivity contribution >= 4 is 51.0 Å². The lowest BCUT2D eigenvalue weighted by atomic mass is 10.1. The van der Waals surface area contributed by atoms with E-state index in [1.165, 1.54) is 36.0 Å². The number of nitrogens with zero attached hydrogens (tertiary/aromatic N) is 3. The Morgan fingerprint density at radius 2 is 1.69 bits per heavy atom. The Hall–Kier alpha value is -3.31. The summed E-state index contributed by atoms with van der Waals surface area (Å²) in [6, 6.07) is 11.4. The monoisotopic (exact) mass is 473 g/mol. The zero-order chi connectivity index (χ0) is 20.8. The summed E-state index contributed by atoms with van der Waals surface area (Å²) in [6.07, 6.45) is 3.29. The van der Waals surface area contributed by atoms with E-state index in [-0.39, 0.29) is 11.3 Å². The van der Waals surface area contributed by atoms with Crippen molar-refractivity contribution in [3.63, 3.8) is 0 Å². The van der Waals surface area contributed by atoms with Crippen molar-refractivity contribution in [3.8, 4) is 0 Å². The first-order chi connectivity index (χ1) is 13.9. The van der Waals surface area contributed by atoms with Gasteiger partial charge in [-0.25, -0.2) is 14.8 Å². The van der Waals surface area contributed by atoms with Crippen LogP contribution in [-0.4, -0.2) is 26.8 Å². The van der Waals surface area contributed by atoms with E-state index < -0.39 is 16.9 Å². The first kappa shape index (κ1) is 20.4. The molecule has 3 aromatic rings. The standard InChI is InChI=1S/C18H12BrN5O4S/c19-11-9-20-18(21-10-11)29-13-7-5-12(6-8-13)22-17(26)23-16(25)14-3-1-2-4-15(14)24(27)28/h1-10H,(H2,22,23,25,26). The van der Waals surface area contributed by atoms with Crippen LogP contribution in [0.15, 0.2) is 75.4 Å². The second-order valence-corrected chi connectivity index (χ2v) is 7.45. The minimum atomic E-state index is -0.866. The summed E-state index contributed by atoms with van der Waals surface area (Å²) in [6.45, 7) is 0. The van der Waals surface area contributed by atoms with Gasteiger partial charge >= 0.3 is 6.03 Å². The number of urea groups is 1. The number of benzene rings is 2. The Kier molecular flexibility index (Phi) is 6.52. The molecule has 0 spiro atoms. The molecular weight excluding hydrogens is 462 g/mol. The number of para-hydroxylation sites is 1. The average Bonchev–Trinajstić information content (AvgIpc) is 2.71. The SMILES string of the molecule is O=C(NC(=O)c1ccccc1[N+](=O)[O-])Nc1ccc(Sc2ncc(Br)cn2)cc1. The highest BCUT2D eigenvalue weighted by molar-refractivity contribution is 9.10. The van der Waals surface area contributed by atoms with Crippen LogP contribution in [0.1, 0.15) is 10.4 Å². The Labute approximate surface area is 177 Å². The van der Waals surface area contributed by atoms with Crippen LogP contribution in [0.5, 0.6) is 0 Å². The van der Waals surface area contributed by atoms with Gasteiger partial charge in [0.25, 0.3) is 11.6 Å². The number of rotatable bonds is 5. The van der Waals surface area contributed by atoms with Crippen molar-refractivity contribution in [1.29, 1.82) is 0 Å². The molecule has 0 saturated heterocycles. The van der Waals surface area contributed by atoms with Gasteiger partial charge in [0, 0.05) is 29.0 Å². The predicted molar refractivity (Wildman–Crippen MR) is 110 cm³/mol. The van der Waals surface area contributed by atoms with Gasteiger partial charge in [-0.1, -0.05) is 12.1 Å². The van der Waals surface area contributed by atoms with Gasteiger partial charge in [0.1, 0.15) is 5.56 Å². The number of aromatic nitrogens is 2. The zero-order valence-electron chi connectivity index (χ0n) is 14.5. The lowest BCUT2D eigenvalue weighted by Gasteiger charge is -2.08. The molecule has 1 heterocycles. The summed E-state index contributed by atoms with van der Waals surface area (Å²) in [5.74, 6) is -0.866. The van der Waals surface area contributed by atoms with Crippen molar-refractivity contribution in [2.45, 2.75) is 10.1 Å². The second kappa shape index (κ2) is 9.26. The number of imide groups is 1. The van der Waals surface area contributed by atoms with Crippen LogP contribution in [-0.2, 0) is 0 Å². The maximum atomic E-state index is 12.2. The molecule has 0 bridgehead atoms. The number of carbonyl (C=O) groups excluding carboxylic acids is 2. The molecule has 0 fully saturated rings. The van der Waals surface area contributed by atoms with E-state index in [2.05, 4.69) is 36.5 Å². The molecule has 2 N–H and O–H groups in total. The van der Waals surface area contributed by atoms with Crippen LogP contribution in [0, 0.1) is 10.1 Å². The predicted octanol–water partition coefficient (Wildman–Crippen LogP) is 4.26. The molecule has 1 aromatic heterocycles. The van der Waals surface area contributed by atoms with Crippen molar-refractivity contribution in [2.24, 2.45) is 0 Å². The summed E-state index contributed by atoms with van der Waals surface area (Å²) < 4.78 is 0.780. The number of halogens is 1. The Morgan fingerprint density at radius 3 is 2.34 bits per heavy atom. The molecule has 11 heteroatoms. The maximum absolute atomic E-state index is 12.2. The third kappa shape index (κ3) is 5.59. The van der Waals surface area contributed by atoms with E-state index in [1.54, 1.807) is 36.7 Å². The molecule has 0 unspecified atom stereocenters. The van der Waals surface area contributed by atoms with E-state index >= 15 is 0 Å². The lowest BCUT2D eigenvalue weighted by molar-refractivity contribution is -0.385. The second-order valence-electron chi connectivity index (χ2n) is 5.49. The molecule has 2 aromatic carbocycles. The van der Waals surface area contributed by atoms with Crippen LogP contribution in [0.2, 0.25) is 0 Å². The largest absolute Gasteiger partial charge is 0.326 e. The molecule has 29 heavy (non-hydrogen) atoms. The Bertz CT molecular complexity index is 1060. The quantitative estimate of drug-likeness (QED) is 0.321. The van der Waals surface area contributed by atoms with Gasteiger partial charge in [-0.3, -0.25) is 20.2 Å². The molecule has 146 valence electrons. The van der Waals surface area contributed by atoms with E-state index in [9.17, 15) is 19.7 Å². The smallest absolute Gasteiger partial charge is 0.308 e. The molecule has 0 atom stereocenters. The van der Waals surface area contributed by atoms with Gasteiger partial charge in [-0.05, 0) is 58.0 Å². The molecule has 0 saturated carbocycles. The van der Waals surface area contributed by atoms with Crippen molar-refractivity contribution in [1.82, 2.24) is 15.3 Å². The molecule has 0 aliphatic carbocycles. The van der Waals surface area contributed by atoms with E-state index in [0.717, 1.165) is 9.37 Å². The van der Waals surface area contributed by atoms with E-state index in [1.807, 2.05) is 0 Å². The normalized spacial score (nSPS) is 10.2. The molecule has 9 nitrogen and oxygen atoms in total. The molecular formula is C18H12BrN5O4S. The first-order valence-corrected chi connectivity index (χ1v) is 9.64. The van der Waals surface area contributed by atoms with Crippen LogP contribution < -0.4 is 10.6 Å². The van der Waals surface area contributed by atoms with E-state index in [0.29, 0.717) is 10.8 Å². The van der Waals surface area contributed by atoms with Gasteiger partial charge in [0.15, 0.2) is 5.16 Å². The minimum Gasteiger partial charge on any atom is -0.308 e. The van der Waals surface area contributed by atoms with Crippen LogP contribution >= 0.6 is 27.7 Å². The molecule has 0 radical (unpaired) electrons. The van der Waals surface area contributed by atoms with Crippen molar-refractivity contribution in [3.05, 3.63) is 81.1 Å². The molecule has 0 aliphatic heterocycles. The van der Waals surface area contributed by atoms with Gasteiger partial charge in [0.2, 0.25) is 0 Å². The average molecular weight is 474 g/mol. The zero-order valence-corrected chi connectivity index (χ0v) is 16.9. The van der Waals surface area contributed by atoms with Gasteiger partial charge in [-0.2, -0.15) is 0 Å². The number of carbonyl (C=O) groups is 2. The number of anilines is 1. The van der Waals surface area contributed by atoms with Crippen LogP contribution in [0.4, 0.5) is 16.2 Å². The third-order valence-corrected chi connectivity index (χ3v) is 4.80. The fourth-order valence-electron chi connectivity index (χ4n) is 2.22. The Morgan fingerprint density at radius 1 is 1.03 bits per heavy atom. The lowest BCUT2D eigenvalue weighted by Crippen LogP contribution is -2.34. The number of hydrogen-bond donors (Lipinski definition) is 2. The molecule has 3 rings (SSSR count). The maximum Gasteiger partial charge on any atom is 0.326 e. The van der Waals surface area contributed by atoms with Crippen LogP contribution in [0.3, 0.4) is 0 Å². The minimum absolute atomic E-state index is 0.200. The fraction of sp³-hybridized carbons (Fsp3) is 0. The highest BCUT2D eigenvalue weighted by atomic mass is 79.9. The molecule has 0 aliphatic rings. The first-order valence-electron chi connectivity index (χ1n) is 8.03. The highest BCUT2D eigenvalue weighted by Gasteiger charge is 2.20. The number of nitrogens with one attached hydrogen (secondary N) is 2. The topological polar surface area (TPSA) is 127 Å². The summed E-state index contributed by atoms with van der Waals surface area (Å²) in [7, 11) is 0. The van der Waals surface area contributed by atoms with Crippen LogP contribution in [0.25, 0.3) is 0 Å². The Balaban J connectivity index is 1.60. The summed E-state index contributed by atoms with van der Waals surface area (Å²) >= 11 is 4.62. The van der Waals surface area contributed by atoms with Gasteiger partial charge in [0.05, 0.1) is 9.40 Å². The summed E-state index contributed by atoms with van der Waals surface area (Å²) in [4.78, 5) is 43.7. The summed E-state index contributed by atoms with van der Waals surface area (Å²) in [5, 5.41) is 16.1. The van der Waals surface area contributed by atoms with Crippen molar-refractivity contribution < 1.29 is 14.5 Å². The van der Waals surface area contributed by atoms with E-state index in [4.69, 9.17) is 0 Å². The van der Waals surface area contributed by atoms with Gasteiger partial charge < -0.3 is 5.32 Å². The molecule has 3 amide bonds. The summed E-state index contributed by atoms with van der Waals surface area (Å²) in [5.41, 5.74) is -0.137. The highest BCUT2D eigenvalue weighted by Crippen LogP contribution is 2.26. The number of nitro groups is 1.